The molecule has 0 bridgehead atoms. The van der Waals surface area contributed by atoms with Gasteiger partial charge < -0.3 is 10.3 Å². The molecule has 0 fully saturated rings. The molecule has 2 aromatic carbocycles. The fraction of sp³-hybridized carbons (Fsp3) is 0.182. The maximum Gasteiger partial charge on any atom is 0.253 e. The number of hydrogen-bond donors (Lipinski definition) is 2. The Morgan fingerprint density at radius 2 is 1.71 bits per heavy atom. The van der Waals surface area contributed by atoms with Crippen LogP contribution in [-0.2, 0) is 6.54 Å². The van der Waals surface area contributed by atoms with Crippen molar-refractivity contribution < 1.29 is 4.79 Å². The Morgan fingerprint density at radius 3 is 2.50 bits per heavy atom. The zero-order valence-electron chi connectivity index (χ0n) is 16.0. The van der Waals surface area contributed by atoms with Gasteiger partial charge in [-0.15, -0.1) is 0 Å². The van der Waals surface area contributed by atoms with E-state index in [1.807, 2.05) is 45.0 Å². The molecule has 0 aliphatic carbocycles. The smallest absolute Gasteiger partial charge is 0.253 e. The summed E-state index contributed by atoms with van der Waals surface area (Å²) < 4.78 is 0. The van der Waals surface area contributed by atoms with E-state index < -0.39 is 0 Å². The molecule has 6 nitrogen and oxygen atoms in total. The first-order valence-corrected chi connectivity index (χ1v) is 9.06. The molecule has 28 heavy (non-hydrogen) atoms. The van der Waals surface area contributed by atoms with Crippen molar-refractivity contribution in [3.63, 3.8) is 0 Å². The van der Waals surface area contributed by atoms with E-state index in [2.05, 4.69) is 20.3 Å². The Hall–Kier alpha value is -3.54. The molecular weight excluding hydrogens is 352 g/mol. The van der Waals surface area contributed by atoms with Crippen molar-refractivity contribution in [3.05, 3.63) is 80.9 Å². The first kappa shape index (κ1) is 17.9. The summed E-state index contributed by atoms with van der Waals surface area (Å²) in [5.41, 5.74) is 5.82. The molecule has 0 unspecified atom stereocenters. The zero-order valence-corrected chi connectivity index (χ0v) is 16.0. The number of fused-ring (bicyclic) bond motifs is 2. The standard InChI is InChI=1S/C22H20N4O2/c1-12-4-6-18-16(8-12)9-17(22(28)26-18)11-23-21(27)15-5-7-19-20(10-15)25-14(3)13(2)24-19/h4-10H,11H2,1-3H3,(H,23,27)(H,26,28). The van der Waals surface area contributed by atoms with Crippen molar-refractivity contribution >= 4 is 27.8 Å². The van der Waals surface area contributed by atoms with E-state index >= 15 is 0 Å². The Kier molecular flexibility index (Phi) is 4.39. The van der Waals surface area contributed by atoms with Crippen molar-refractivity contribution in [1.29, 1.82) is 0 Å². The van der Waals surface area contributed by atoms with Gasteiger partial charge in [-0.2, -0.15) is 0 Å². The summed E-state index contributed by atoms with van der Waals surface area (Å²) in [5.74, 6) is -0.259. The second-order valence-corrected chi connectivity index (χ2v) is 7.00. The number of nitrogens with zero attached hydrogens (tertiary/aromatic N) is 2. The Balaban J connectivity index is 1.58. The summed E-state index contributed by atoms with van der Waals surface area (Å²) >= 11 is 0. The Labute approximate surface area is 161 Å². The molecule has 2 N–H and O–H groups in total. The van der Waals surface area contributed by atoms with Crippen molar-refractivity contribution in [1.82, 2.24) is 20.3 Å². The maximum atomic E-state index is 12.6. The molecule has 2 aromatic heterocycles. The molecule has 2 heterocycles. The minimum Gasteiger partial charge on any atom is -0.348 e. The number of carbonyl (C=O) groups excluding carboxylic acids is 1. The van der Waals surface area contributed by atoms with Gasteiger partial charge >= 0.3 is 0 Å². The van der Waals surface area contributed by atoms with E-state index in [1.54, 1.807) is 18.2 Å². The molecule has 0 spiro atoms. The molecule has 0 saturated carbocycles. The summed E-state index contributed by atoms with van der Waals surface area (Å²) in [7, 11) is 0. The van der Waals surface area contributed by atoms with Crippen molar-refractivity contribution in [2.24, 2.45) is 0 Å². The van der Waals surface area contributed by atoms with Crippen LogP contribution in [0.15, 0.2) is 47.3 Å². The lowest BCUT2D eigenvalue weighted by Gasteiger charge is -2.08. The van der Waals surface area contributed by atoms with Crippen molar-refractivity contribution in [2.75, 3.05) is 0 Å². The fourth-order valence-electron chi connectivity index (χ4n) is 3.15. The highest BCUT2D eigenvalue weighted by Crippen LogP contribution is 2.15. The molecule has 4 aromatic rings. The zero-order chi connectivity index (χ0) is 19.8. The molecule has 0 atom stereocenters. The van der Waals surface area contributed by atoms with E-state index in [0.29, 0.717) is 16.6 Å². The minimum atomic E-state index is -0.259. The van der Waals surface area contributed by atoms with Crippen LogP contribution in [-0.4, -0.2) is 20.9 Å². The van der Waals surface area contributed by atoms with Crippen LogP contribution in [0.1, 0.15) is 32.9 Å². The second-order valence-electron chi connectivity index (χ2n) is 7.00. The van der Waals surface area contributed by atoms with Crippen LogP contribution < -0.4 is 10.9 Å². The molecule has 140 valence electrons. The first-order chi connectivity index (χ1) is 13.4. The summed E-state index contributed by atoms with van der Waals surface area (Å²) in [6.45, 7) is 5.94. The number of carbonyl (C=O) groups is 1. The van der Waals surface area contributed by atoms with Crippen LogP contribution in [0.5, 0.6) is 0 Å². The van der Waals surface area contributed by atoms with Gasteiger partial charge in [0.2, 0.25) is 0 Å². The van der Waals surface area contributed by atoms with Crippen LogP contribution in [0.25, 0.3) is 21.9 Å². The first-order valence-electron chi connectivity index (χ1n) is 9.06. The van der Waals surface area contributed by atoms with E-state index in [9.17, 15) is 9.59 Å². The third kappa shape index (κ3) is 3.36. The SMILES string of the molecule is Cc1ccc2[nH]c(=O)c(CNC(=O)c3ccc4nc(C)c(C)nc4c3)cc2c1. The molecule has 0 radical (unpaired) electrons. The van der Waals surface area contributed by atoms with Gasteiger partial charge in [-0.3, -0.25) is 9.59 Å². The summed E-state index contributed by atoms with van der Waals surface area (Å²) in [4.78, 5) is 36.7. The van der Waals surface area contributed by atoms with Gasteiger partial charge in [0.15, 0.2) is 0 Å². The number of nitrogens with one attached hydrogen (secondary N) is 2. The van der Waals surface area contributed by atoms with E-state index in [-0.39, 0.29) is 18.0 Å². The average Bonchev–Trinajstić information content (AvgIpc) is 2.67. The second kappa shape index (κ2) is 6.88. The van der Waals surface area contributed by atoms with E-state index in [4.69, 9.17) is 0 Å². The Bertz CT molecular complexity index is 1290. The van der Waals surface area contributed by atoms with Crippen molar-refractivity contribution in [2.45, 2.75) is 27.3 Å². The lowest BCUT2D eigenvalue weighted by molar-refractivity contribution is 0.0951. The maximum absolute atomic E-state index is 12.6. The van der Waals surface area contributed by atoms with Gasteiger partial charge in [-0.1, -0.05) is 11.6 Å². The topological polar surface area (TPSA) is 87.7 Å². The molecular formula is C22H20N4O2. The molecule has 0 aliphatic rings. The number of rotatable bonds is 3. The molecule has 0 saturated heterocycles. The number of pyridine rings is 1. The summed E-state index contributed by atoms with van der Waals surface area (Å²) in [5, 5.41) is 3.76. The molecule has 1 amide bonds. The number of hydrogen-bond acceptors (Lipinski definition) is 4. The highest BCUT2D eigenvalue weighted by Gasteiger charge is 2.10. The van der Waals surface area contributed by atoms with Crippen LogP contribution in [0, 0.1) is 20.8 Å². The van der Waals surface area contributed by atoms with Crippen LogP contribution in [0.3, 0.4) is 0 Å². The molecule has 0 aliphatic heterocycles. The van der Waals surface area contributed by atoms with E-state index in [0.717, 1.165) is 33.4 Å². The largest absolute Gasteiger partial charge is 0.348 e. The monoisotopic (exact) mass is 372 g/mol. The number of amides is 1. The van der Waals surface area contributed by atoms with Crippen LogP contribution in [0.4, 0.5) is 0 Å². The van der Waals surface area contributed by atoms with Crippen LogP contribution in [0.2, 0.25) is 0 Å². The highest BCUT2D eigenvalue weighted by atomic mass is 16.1. The van der Waals surface area contributed by atoms with Gasteiger partial charge in [0.05, 0.1) is 22.4 Å². The van der Waals surface area contributed by atoms with Gasteiger partial charge in [0, 0.05) is 23.2 Å². The number of H-pyrrole nitrogens is 1. The third-order valence-electron chi connectivity index (χ3n) is 4.85. The predicted octanol–water partition coefficient (Wildman–Crippen LogP) is 3.33. The average molecular weight is 372 g/mol. The summed E-state index contributed by atoms with van der Waals surface area (Å²) in [6.07, 6.45) is 0. The van der Waals surface area contributed by atoms with Crippen LogP contribution >= 0.6 is 0 Å². The number of aromatic nitrogens is 3. The minimum absolute atomic E-state index is 0.148. The number of aromatic amines is 1. The molecule has 6 heteroatoms. The van der Waals surface area contributed by atoms with Gasteiger partial charge in [-0.05, 0) is 62.6 Å². The summed E-state index contributed by atoms with van der Waals surface area (Å²) in [6, 6.07) is 12.9. The predicted molar refractivity (Wildman–Crippen MR) is 109 cm³/mol. The van der Waals surface area contributed by atoms with Crippen molar-refractivity contribution in [3.8, 4) is 0 Å². The lowest BCUT2D eigenvalue weighted by Crippen LogP contribution is -2.26. The quantitative estimate of drug-likeness (QED) is 0.577. The third-order valence-corrected chi connectivity index (χ3v) is 4.85. The van der Waals surface area contributed by atoms with Gasteiger partial charge in [0.25, 0.3) is 11.5 Å². The lowest BCUT2D eigenvalue weighted by atomic mass is 10.1. The van der Waals surface area contributed by atoms with Gasteiger partial charge in [0.1, 0.15) is 0 Å². The van der Waals surface area contributed by atoms with E-state index in [1.165, 1.54) is 0 Å². The number of aryl methyl sites for hydroxylation is 3. The fourth-order valence-corrected chi connectivity index (χ4v) is 3.15. The number of benzene rings is 2. The normalized spacial score (nSPS) is 11.1. The van der Waals surface area contributed by atoms with Gasteiger partial charge in [-0.25, -0.2) is 9.97 Å². The highest BCUT2D eigenvalue weighted by molar-refractivity contribution is 5.97. The molecule has 4 rings (SSSR count). The Morgan fingerprint density at radius 1 is 0.964 bits per heavy atom.